The first kappa shape index (κ1) is 21.1. The van der Waals surface area contributed by atoms with Crippen LogP contribution in [0.4, 0.5) is 5.69 Å². The molecule has 0 aromatic heterocycles. The highest BCUT2D eigenvalue weighted by atomic mass is 16.6. The van der Waals surface area contributed by atoms with E-state index in [1.807, 2.05) is 51.1 Å². The van der Waals surface area contributed by atoms with Crippen LogP contribution in [0.2, 0.25) is 0 Å². The van der Waals surface area contributed by atoms with Gasteiger partial charge in [0.15, 0.2) is 12.4 Å². The Morgan fingerprint density at radius 2 is 1.86 bits per heavy atom. The van der Waals surface area contributed by atoms with E-state index in [-0.39, 0.29) is 22.9 Å². The van der Waals surface area contributed by atoms with Gasteiger partial charge in [-0.3, -0.25) is 19.7 Å². The number of benzene rings is 2. The van der Waals surface area contributed by atoms with E-state index >= 15 is 0 Å². The SMILES string of the molecule is C[C@@H](Oc1ccc([N+](=O)[O-])cc1C=O)C(=O)N(Cc1ccccc1)C(C)(C)C. The van der Waals surface area contributed by atoms with Gasteiger partial charge in [0.25, 0.3) is 11.6 Å². The minimum Gasteiger partial charge on any atom is -0.480 e. The van der Waals surface area contributed by atoms with Crippen molar-refractivity contribution in [3.05, 3.63) is 69.8 Å². The highest BCUT2D eigenvalue weighted by molar-refractivity contribution is 5.83. The quantitative estimate of drug-likeness (QED) is 0.409. The first-order valence-corrected chi connectivity index (χ1v) is 8.89. The number of nitro benzene ring substituents is 1. The number of aldehydes is 1. The van der Waals surface area contributed by atoms with Crippen LogP contribution in [-0.4, -0.2) is 33.7 Å². The largest absolute Gasteiger partial charge is 0.480 e. The molecule has 1 atom stereocenters. The molecule has 0 unspecified atom stereocenters. The maximum absolute atomic E-state index is 13.1. The minimum atomic E-state index is -0.872. The molecular formula is C21H24N2O5. The fourth-order valence-corrected chi connectivity index (χ4v) is 2.72. The summed E-state index contributed by atoms with van der Waals surface area (Å²) in [6, 6.07) is 13.3. The molecule has 0 fully saturated rings. The van der Waals surface area contributed by atoms with E-state index < -0.39 is 16.6 Å². The highest BCUT2D eigenvalue weighted by Crippen LogP contribution is 2.25. The van der Waals surface area contributed by atoms with Crippen LogP contribution in [0.3, 0.4) is 0 Å². The predicted molar refractivity (Wildman–Crippen MR) is 105 cm³/mol. The van der Waals surface area contributed by atoms with Crippen molar-refractivity contribution in [1.82, 2.24) is 4.90 Å². The Hall–Kier alpha value is -3.22. The Labute approximate surface area is 164 Å². The Bertz CT molecular complexity index is 859. The maximum Gasteiger partial charge on any atom is 0.270 e. The van der Waals surface area contributed by atoms with E-state index in [0.29, 0.717) is 12.8 Å². The first-order valence-electron chi connectivity index (χ1n) is 8.89. The molecule has 1 amide bonds. The summed E-state index contributed by atoms with van der Waals surface area (Å²) < 4.78 is 5.70. The van der Waals surface area contributed by atoms with Gasteiger partial charge >= 0.3 is 0 Å². The Kier molecular flexibility index (Phi) is 6.51. The molecule has 0 saturated carbocycles. The molecule has 0 N–H and O–H groups in total. The molecule has 0 bridgehead atoms. The molecule has 2 aromatic carbocycles. The van der Waals surface area contributed by atoms with Gasteiger partial charge in [0.05, 0.1) is 10.5 Å². The van der Waals surface area contributed by atoms with Gasteiger partial charge in [0.1, 0.15) is 5.75 Å². The summed E-state index contributed by atoms with van der Waals surface area (Å²) in [5.74, 6) is -0.110. The van der Waals surface area contributed by atoms with Crippen molar-refractivity contribution >= 4 is 17.9 Å². The van der Waals surface area contributed by atoms with Crippen molar-refractivity contribution in [2.24, 2.45) is 0 Å². The van der Waals surface area contributed by atoms with Crippen molar-refractivity contribution in [2.45, 2.75) is 45.9 Å². The minimum absolute atomic E-state index is 0.0271. The molecule has 0 aliphatic carbocycles. The molecule has 0 aliphatic rings. The number of amides is 1. The van der Waals surface area contributed by atoms with E-state index in [4.69, 9.17) is 4.74 Å². The lowest BCUT2D eigenvalue weighted by Gasteiger charge is -2.37. The summed E-state index contributed by atoms with van der Waals surface area (Å²) in [4.78, 5) is 36.4. The van der Waals surface area contributed by atoms with Crippen molar-refractivity contribution in [3.63, 3.8) is 0 Å². The molecular weight excluding hydrogens is 360 g/mol. The van der Waals surface area contributed by atoms with Crippen LogP contribution in [0.15, 0.2) is 48.5 Å². The first-order chi connectivity index (χ1) is 13.1. The van der Waals surface area contributed by atoms with E-state index in [1.165, 1.54) is 12.1 Å². The lowest BCUT2D eigenvalue weighted by molar-refractivity contribution is -0.384. The van der Waals surface area contributed by atoms with Crippen LogP contribution < -0.4 is 4.74 Å². The molecule has 0 aliphatic heterocycles. The van der Waals surface area contributed by atoms with Gasteiger partial charge in [0.2, 0.25) is 0 Å². The molecule has 28 heavy (non-hydrogen) atoms. The van der Waals surface area contributed by atoms with Crippen molar-refractivity contribution < 1.29 is 19.2 Å². The lowest BCUT2D eigenvalue weighted by atomic mass is 10.0. The Balaban J connectivity index is 2.23. The Morgan fingerprint density at radius 1 is 1.21 bits per heavy atom. The van der Waals surface area contributed by atoms with Crippen LogP contribution in [0, 0.1) is 10.1 Å². The number of nitro groups is 1. The van der Waals surface area contributed by atoms with Gasteiger partial charge in [-0.25, -0.2) is 0 Å². The smallest absolute Gasteiger partial charge is 0.270 e. The summed E-state index contributed by atoms with van der Waals surface area (Å²) in [6.45, 7) is 7.82. The standard InChI is InChI=1S/C21H24N2O5/c1-15(28-19-11-10-18(23(26)27)12-17(19)14-24)20(25)22(21(2,3)4)13-16-8-6-5-7-9-16/h5-12,14-15H,13H2,1-4H3/t15-/m1/s1. The fraction of sp³-hybridized carbons (Fsp3) is 0.333. The van der Waals surface area contributed by atoms with Crippen molar-refractivity contribution in [3.8, 4) is 5.75 Å². The van der Waals surface area contributed by atoms with Crippen LogP contribution in [0.5, 0.6) is 5.75 Å². The monoisotopic (exact) mass is 384 g/mol. The average Bonchev–Trinajstić information content (AvgIpc) is 2.65. The molecule has 0 radical (unpaired) electrons. The number of rotatable bonds is 7. The van der Waals surface area contributed by atoms with Gasteiger partial charge in [-0.2, -0.15) is 0 Å². The molecule has 2 aromatic rings. The van der Waals surface area contributed by atoms with Crippen LogP contribution in [0.25, 0.3) is 0 Å². The third-order valence-corrected chi connectivity index (χ3v) is 4.24. The van der Waals surface area contributed by atoms with E-state index in [1.54, 1.807) is 11.8 Å². The number of hydrogen-bond acceptors (Lipinski definition) is 5. The topological polar surface area (TPSA) is 89.7 Å². The number of hydrogen-bond donors (Lipinski definition) is 0. The normalized spacial score (nSPS) is 12.1. The number of ether oxygens (including phenoxy) is 1. The third kappa shape index (κ3) is 5.16. The van der Waals surface area contributed by atoms with Crippen LogP contribution >= 0.6 is 0 Å². The summed E-state index contributed by atoms with van der Waals surface area (Å²) in [6.07, 6.45) is -0.395. The van der Waals surface area contributed by atoms with E-state index in [9.17, 15) is 19.7 Å². The van der Waals surface area contributed by atoms with Gasteiger partial charge < -0.3 is 9.64 Å². The average molecular weight is 384 g/mol. The molecule has 2 rings (SSSR count). The number of carbonyl (C=O) groups is 2. The van der Waals surface area contributed by atoms with Gasteiger partial charge in [-0.05, 0) is 39.3 Å². The molecule has 7 heteroatoms. The summed E-state index contributed by atoms with van der Waals surface area (Å²) in [5.41, 5.74) is 0.350. The number of non-ortho nitro benzene ring substituents is 1. The second kappa shape index (κ2) is 8.65. The molecule has 7 nitrogen and oxygen atoms in total. The summed E-state index contributed by atoms with van der Waals surface area (Å²) >= 11 is 0. The van der Waals surface area contributed by atoms with Gasteiger partial charge in [-0.15, -0.1) is 0 Å². The van der Waals surface area contributed by atoms with Crippen LogP contribution in [-0.2, 0) is 11.3 Å². The molecule has 148 valence electrons. The highest BCUT2D eigenvalue weighted by Gasteiger charge is 2.31. The third-order valence-electron chi connectivity index (χ3n) is 4.24. The summed E-state index contributed by atoms with van der Waals surface area (Å²) in [5, 5.41) is 10.9. The van der Waals surface area contributed by atoms with E-state index in [0.717, 1.165) is 11.6 Å². The second-order valence-electron chi connectivity index (χ2n) is 7.44. The van der Waals surface area contributed by atoms with Crippen molar-refractivity contribution in [2.75, 3.05) is 0 Å². The second-order valence-corrected chi connectivity index (χ2v) is 7.44. The molecule has 0 spiro atoms. The summed E-state index contributed by atoms with van der Waals surface area (Å²) in [7, 11) is 0. The lowest BCUT2D eigenvalue weighted by Crippen LogP contribution is -2.50. The molecule has 0 saturated heterocycles. The molecule has 0 heterocycles. The fourth-order valence-electron chi connectivity index (χ4n) is 2.72. The zero-order valence-corrected chi connectivity index (χ0v) is 16.4. The van der Waals surface area contributed by atoms with Gasteiger partial charge in [-0.1, -0.05) is 30.3 Å². The number of nitrogens with zero attached hydrogens (tertiary/aromatic N) is 2. The van der Waals surface area contributed by atoms with E-state index in [2.05, 4.69) is 0 Å². The van der Waals surface area contributed by atoms with Gasteiger partial charge in [0, 0.05) is 24.2 Å². The van der Waals surface area contributed by atoms with Crippen LogP contribution in [0.1, 0.15) is 43.6 Å². The zero-order valence-electron chi connectivity index (χ0n) is 16.4. The maximum atomic E-state index is 13.1. The zero-order chi connectivity index (χ0) is 20.9. The predicted octanol–water partition coefficient (Wildman–Crippen LogP) is 4.00. The van der Waals surface area contributed by atoms with Crippen molar-refractivity contribution in [1.29, 1.82) is 0 Å². The number of carbonyl (C=O) groups excluding carboxylic acids is 2. The Morgan fingerprint density at radius 3 is 2.39 bits per heavy atom.